The molecule has 0 aliphatic heterocycles. The lowest BCUT2D eigenvalue weighted by molar-refractivity contribution is 0.0520. The highest BCUT2D eigenvalue weighted by molar-refractivity contribution is 5.96. The molecule has 1 aromatic heterocycles. The van der Waals surface area contributed by atoms with Crippen LogP contribution >= 0.6 is 0 Å². The van der Waals surface area contributed by atoms with Gasteiger partial charge in [-0.3, -0.25) is 9.89 Å². The molecule has 0 bridgehead atoms. The van der Waals surface area contributed by atoms with Crippen LogP contribution in [0.4, 0.5) is 4.79 Å². The van der Waals surface area contributed by atoms with E-state index >= 15 is 0 Å². The quantitative estimate of drug-likeness (QED) is 0.295. The summed E-state index contributed by atoms with van der Waals surface area (Å²) in [5, 5.41) is 13.7. The monoisotopic (exact) mass is 516 g/mol. The number of benzene rings is 3. The second-order valence-electron chi connectivity index (χ2n) is 9.78. The first-order valence-corrected chi connectivity index (χ1v) is 12.2. The van der Waals surface area contributed by atoms with Gasteiger partial charge >= 0.3 is 6.09 Å². The maximum atomic E-state index is 13.4. The zero-order valence-corrected chi connectivity index (χ0v) is 22.1. The van der Waals surface area contributed by atoms with Crippen LogP contribution in [0.15, 0.2) is 66.9 Å². The van der Waals surface area contributed by atoms with Crippen LogP contribution in [0.3, 0.4) is 0 Å². The van der Waals surface area contributed by atoms with E-state index in [4.69, 9.17) is 14.2 Å². The van der Waals surface area contributed by atoms with Crippen molar-refractivity contribution in [2.24, 2.45) is 0 Å². The number of carbonyl (C=O) groups is 2. The number of ether oxygens (including phenoxy) is 3. The molecule has 0 spiro atoms. The third kappa shape index (κ3) is 6.42. The average molecular weight is 517 g/mol. The van der Waals surface area contributed by atoms with E-state index in [0.717, 1.165) is 27.6 Å². The van der Waals surface area contributed by atoms with Gasteiger partial charge in [-0.05, 0) is 73.9 Å². The van der Waals surface area contributed by atoms with E-state index < -0.39 is 17.7 Å². The molecule has 0 radical (unpaired) electrons. The molecule has 1 atom stereocenters. The second kappa shape index (κ2) is 11.2. The number of aromatic amines is 1. The van der Waals surface area contributed by atoms with Gasteiger partial charge in [0.1, 0.15) is 22.6 Å². The van der Waals surface area contributed by atoms with E-state index in [9.17, 15) is 9.59 Å². The predicted octanol–water partition coefficient (Wildman–Crippen LogP) is 5.24. The molecular formula is C29H32N4O5. The van der Waals surface area contributed by atoms with Gasteiger partial charge in [0.25, 0.3) is 5.91 Å². The lowest BCUT2D eigenvalue weighted by Crippen LogP contribution is -2.40. The molecule has 0 fully saturated rings. The molecule has 0 aliphatic rings. The van der Waals surface area contributed by atoms with Gasteiger partial charge in [0, 0.05) is 17.5 Å². The van der Waals surface area contributed by atoms with Crippen LogP contribution in [-0.4, -0.2) is 48.6 Å². The lowest BCUT2D eigenvalue weighted by atomic mass is 10.0. The van der Waals surface area contributed by atoms with Crippen LogP contribution in [-0.2, 0) is 4.74 Å². The SMILES string of the molecule is COc1cccc(C(CNC(=O)OC(C)(C)C)NC(=O)c2cccc(-c3cc(OC)c4[nH]ncc4c3)c2)c1. The van der Waals surface area contributed by atoms with E-state index in [1.807, 2.05) is 54.6 Å². The minimum absolute atomic E-state index is 0.127. The number of methoxy groups -OCH3 is 2. The summed E-state index contributed by atoms with van der Waals surface area (Å²) in [5.74, 6) is 1.02. The molecule has 0 saturated heterocycles. The van der Waals surface area contributed by atoms with Gasteiger partial charge in [-0.25, -0.2) is 4.79 Å². The molecule has 3 N–H and O–H groups in total. The average Bonchev–Trinajstić information content (AvgIpc) is 3.38. The molecule has 0 aliphatic carbocycles. The van der Waals surface area contributed by atoms with Crippen molar-refractivity contribution in [2.75, 3.05) is 20.8 Å². The van der Waals surface area contributed by atoms with Gasteiger partial charge in [0.15, 0.2) is 0 Å². The maximum absolute atomic E-state index is 13.4. The number of hydrogen-bond donors (Lipinski definition) is 3. The molecule has 1 heterocycles. The molecule has 3 aromatic carbocycles. The number of rotatable bonds is 8. The summed E-state index contributed by atoms with van der Waals surface area (Å²) in [6.45, 7) is 5.50. The van der Waals surface area contributed by atoms with E-state index in [-0.39, 0.29) is 12.5 Å². The van der Waals surface area contributed by atoms with Crippen LogP contribution in [0, 0.1) is 0 Å². The first kappa shape index (κ1) is 26.5. The highest BCUT2D eigenvalue weighted by Crippen LogP contribution is 2.31. The largest absolute Gasteiger partial charge is 0.497 e. The first-order chi connectivity index (χ1) is 18.2. The summed E-state index contributed by atoms with van der Waals surface area (Å²) in [4.78, 5) is 25.7. The van der Waals surface area contributed by atoms with E-state index in [1.54, 1.807) is 47.3 Å². The Morgan fingerprint density at radius 2 is 1.76 bits per heavy atom. The van der Waals surface area contributed by atoms with Gasteiger partial charge < -0.3 is 24.8 Å². The number of carbonyl (C=O) groups excluding carboxylic acids is 2. The zero-order chi connectivity index (χ0) is 27.3. The number of hydrogen-bond acceptors (Lipinski definition) is 6. The fourth-order valence-electron chi connectivity index (χ4n) is 4.04. The number of H-pyrrole nitrogens is 1. The number of fused-ring (bicyclic) bond motifs is 1. The lowest BCUT2D eigenvalue weighted by Gasteiger charge is -2.23. The summed E-state index contributed by atoms with van der Waals surface area (Å²) < 4.78 is 16.2. The van der Waals surface area contributed by atoms with Crippen LogP contribution in [0.2, 0.25) is 0 Å². The van der Waals surface area contributed by atoms with Crippen molar-refractivity contribution in [3.8, 4) is 22.6 Å². The Hall–Kier alpha value is -4.53. The molecule has 9 heteroatoms. The van der Waals surface area contributed by atoms with E-state index in [1.165, 1.54) is 0 Å². The number of alkyl carbamates (subject to hydrolysis) is 1. The van der Waals surface area contributed by atoms with Crippen molar-refractivity contribution < 1.29 is 23.8 Å². The summed E-state index contributed by atoms with van der Waals surface area (Å²) in [6.07, 6.45) is 1.17. The topological polar surface area (TPSA) is 115 Å². The fraction of sp³-hybridized carbons (Fsp3) is 0.276. The summed E-state index contributed by atoms with van der Waals surface area (Å²) in [7, 11) is 3.18. The summed E-state index contributed by atoms with van der Waals surface area (Å²) >= 11 is 0. The number of amides is 2. The van der Waals surface area contributed by atoms with Crippen LogP contribution in [0.1, 0.15) is 42.7 Å². The number of nitrogens with one attached hydrogen (secondary N) is 3. The van der Waals surface area contributed by atoms with Gasteiger partial charge in [-0.1, -0.05) is 24.3 Å². The molecule has 4 aromatic rings. The molecule has 4 rings (SSSR count). The van der Waals surface area contributed by atoms with Crippen molar-refractivity contribution in [3.63, 3.8) is 0 Å². The third-order valence-electron chi connectivity index (χ3n) is 5.84. The molecule has 38 heavy (non-hydrogen) atoms. The Balaban J connectivity index is 1.58. The Morgan fingerprint density at radius 3 is 2.50 bits per heavy atom. The normalized spacial score (nSPS) is 12.0. The smallest absolute Gasteiger partial charge is 0.407 e. The van der Waals surface area contributed by atoms with Crippen LogP contribution in [0.5, 0.6) is 11.5 Å². The molecular weight excluding hydrogens is 484 g/mol. The van der Waals surface area contributed by atoms with Crippen LogP contribution in [0.25, 0.3) is 22.0 Å². The van der Waals surface area contributed by atoms with Gasteiger partial charge in [-0.15, -0.1) is 0 Å². The third-order valence-corrected chi connectivity index (χ3v) is 5.84. The Kier molecular flexibility index (Phi) is 7.85. The van der Waals surface area contributed by atoms with Crippen molar-refractivity contribution in [1.82, 2.24) is 20.8 Å². The number of nitrogens with zero attached hydrogens (tertiary/aromatic N) is 1. The standard InChI is InChI=1S/C29H32N4O5/c1-29(2,3)38-28(35)30-17-24(19-9-7-11-23(14-19)36-4)32-27(34)20-10-6-8-18(12-20)21-13-22-16-31-33-26(22)25(15-21)37-5/h6-16,24H,17H2,1-5H3,(H,30,35)(H,31,33)(H,32,34). The van der Waals surface area contributed by atoms with Gasteiger partial charge in [0.05, 0.1) is 26.5 Å². The predicted molar refractivity (Wildman–Crippen MR) is 146 cm³/mol. The highest BCUT2D eigenvalue weighted by Gasteiger charge is 2.21. The first-order valence-electron chi connectivity index (χ1n) is 12.2. The van der Waals surface area contributed by atoms with Gasteiger partial charge in [-0.2, -0.15) is 5.10 Å². The van der Waals surface area contributed by atoms with Crippen molar-refractivity contribution in [1.29, 1.82) is 0 Å². The molecule has 0 saturated carbocycles. The van der Waals surface area contributed by atoms with Gasteiger partial charge in [0.2, 0.25) is 0 Å². The van der Waals surface area contributed by atoms with Crippen molar-refractivity contribution in [3.05, 3.63) is 78.0 Å². The van der Waals surface area contributed by atoms with E-state index in [2.05, 4.69) is 20.8 Å². The molecule has 9 nitrogen and oxygen atoms in total. The Bertz CT molecular complexity index is 1440. The molecule has 198 valence electrons. The maximum Gasteiger partial charge on any atom is 0.407 e. The molecule has 2 amide bonds. The highest BCUT2D eigenvalue weighted by atomic mass is 16.6. The Labute approximate surface area is 221 Å². The minimum Gasteiger partial charge on any atom is -0.497 e. The number of aromatic nitrogens is 2. The van der Waals surface area contributed by atoms with Crippen LogP contribution < -0.4 is 20.1 Å². The van der Waals surface area contributed by atoms with Crippen molar-refractivity contribution >= 4 is 22.9 Å². The summed E-state index contributed by atoms with van der Waals surface area (Å²) in [5.41, 5.74) is 3.16. The zero-order valence-electron chi connectivity index (χ0n) is 22.1. The minimum atomic E-state index is -0.638. The Morgan fingerprint density at radius 1 is 0.974 bits per heavy atom. The fourth-order valence-corrected chi connectivity index (χ4v) is 4.04. The second-order valence-corrected chi connectivity index (χ2v) is 9.78. The van der Waals surface area contributed by atoms with E-state index in [0.29, 0.717) is 17.1 Å². The summed E-state index contributed by atoms with van der Waals surface area (Å²) in [6, 6.07) is 18.0. The van der Waals surface area contributed by atoms with Crippen molar-refractivity contribution in [2.45, 2.75) is 32.4 Å². The molecule has 1 unspecified atom stereocenters.